The second-order valence-corrected chi connectivity index (χ2v) is 18.3. The fourth-order valence-corrected chi connectivity index (χ4v) is 10.2. The van der Waals surface area contributed by atoms with E-state index < -0.39 is 0 Å². The van der Waals surface area contributed by atoms with Gasteiger partial charge >= 0.3 is 0 Å². The largest absolute Gasteiger partial charge is 0.493 e. The molecule has 5 N–H and O–H groups in total. The van der Waals surface area contributed by atoms with Crippen LogP contribution in [0.5, 0.6) is 5.75 Å². The zero-order chi connectivity index (χ0) is 50.8. The van der Waals surface area contributed by atoms with Gasteiger partial charge in [-0.2, -0.15) is 0 Å². The van der Waals surface area contributed by atoms with Crippen molar-refractivity contribution < 1.29 is 46.0 Å². The van der Waals surface area contributed by atoms with Gasteiger partial charge in [0, 0.05) is 55.8 Å². The lowest BCUT2D eigenvalue weighted by Crippen LogP contribution is -2.26. The van der Waals surface area contributed by atoms with Crippen LogP contribution in [0.2, 0.25) is 0 Å². The molecule has 5 aromatic rings. The predicted octanol–water partition coefficient (Wildman–Crippen LogP) is 8.09. The van der Waals surface area contributed by atoms with Gasteiger partial charge in [-0.15, -0.1) is 0 Å². The highest BCUT2D eigenvalue weighted by molar-refractivity contribution is 5.51. The third-order valence-electron chi connectivity index (χ3n) is 13.6. The van der Waals surface area contributed by atoms with E-state index >= 15 is 0 Å². The van der Waals surface area contributed by atoms with Gasteiger partial charge in [0.1, 0.15) is 29.0 Å². The third kappa shape index (κ3) is 14.1. The molecular formula is C57H73F4N5O6. The molecular weight excluding hydrogens is 927 g/mol. The fourth-order valence-electron chi connectivity index (χ4n) is 10.2. The van der Waals surface area contributed by atoms with E-state index in [9.17, 15) is 17.6 Å². The van der Waals surface area contributed by atoms with E-state index in [1.807, 2.05) is 59.5 Å². The summed E-state index contributed by atoms with van der Waals surface area (Å²) in [5, 5.41) is 15.3. The van der Waals surface area contributed by atoms with Gasteiger partial charge in [-0.3, -0.25) is 0 Å². The van der Waals surface area contributed by atoms with Crippen LogP contribution in [0.4, 0.5) is 17.6 Å². The molecule has 0 aromatic heterocycles. The Morgan fingerprint density at radius 3 is 1.36 bits per heavy atom. The van der Waals surface area contributed by atoms with Gasteiger partial charge in [-0.25, -0.2) is 17.6 Å². The Balaban J connectivity index is 0.000000132. The molecule has 11 rings (SSSR count). The number of likely N-dealkylation sites (N-methyl/N-ethyl adjacent to an activating group) is 5. The summed E-state index contributed by atoms with van der Waals surface area (Å²) in [4.78, 5) is 0. The molecule has 6 aliphatic rings. The number of ether oxygens (including phenoxy) is 6. The maximum Gasteiger partial charge on any atom is 0.129 e. The standard InChI is InChI=1S/C13H17NO2.4C11H14FNO/c1-14-8-11-12-9(4-6-15-11)2-3-10-5-7-16-13(10)12;1-13-7-11-10-3-2-9(12)6-8(10)4-5-14-11;1-13-7-11-9-3-2-4-10(12)8(9)5-6-14-11;2*1-13-7-10-11-8(5-6-14-10)3-2-4-9(11)12/h2-3,11,14H,4-8H2,1H3;2-3,6,11,13H,4-5,7H2,1H3;2-4,11,13H,5-7H2,1H3;2*2-4,10,13H,5-7H2,1H3/t3*11-;2*10-/m00010/s1. The maximum absolute atomic E-state index is 13.5. The fraction of sp³-hybridized carbons (Fsp3) is 0.474. The summed E-state index contributed by atoms with van der Waals surface area (Å²) in [6, 6.07) is 25.1. The summed E-state index contributed by atoms with van der Waals surface area (Å²) in [6.07, 6.45) is 5.12. The molecule has 0 radical (unpaired) electrons. The minimum absolute atomic E-state index is 0.000509. The predicted molar refractivity (Wildman–Crippen MR) is 273 cm³/mol. The lowest BCUT2D eigenvalue weighted by atomic mass is 9.93. The Morgan fingerprint density at radius 2 is 0.806 bits per heavy atom. The number of nitrogens with one attached hydrogen (secondary N) is 5. The maximum atomic E-state index is 13.5. The molecule has 72 heavy (non-hydrogen) atoms. The lowest BCUT2D eigenvalue weighted by Gasteiger charge is -2.27. The Morgan fingerprint density at radius 1 is 0.389 bits per heavy atom. The quantitative estimate of drug-likeness (QED) is 0.0876. The molecule has 0 fully saturated rings. The first kappa shape index (κ1) is 55.0. The van der Waals surface area contributed by atoms with Crippen LogP contribution in [0.25, 0.3) is 0 Å². The molecule has 0 spiro atoms. The molecule has 0 aliphatic carbocycles. The molecule has 0 unspecified atom stereocenters. The smallest absolute Gasteiger partial charge is 0.129 e. The van der Waals surface area contributed by atoms with Gasteiger partial charge in [-0.05, 0) is 142 Å². The molecule has 0 saturated carbocycles. The summed E-state index contributed by atoms with van der Waals surface area (Å²) in [5.41, 5.74) is 11.6. The number of halogens is 4. The van der Waals surface area contributed by atoms with Crippen LogP contribution in [-0.2, 0) is 62.2 Å². The second kappa shape index (κ2) is 28.0. The van der Waals surface area contributed by atoms with Crippen molar-refractivity contribution in [1.82, 2.24) is 26.6 Å². The summed E-state index contributed by atoms with van der Waals surface area (Å²) in [6.45, 7) is 7.98. The summed E-state index contributed by atoms with van der Waals surface area (Å²) < 4.78 is 87.2. The van der Waals surface area contributed by atoms with Crippen LogP contribution in [0.3, 0.4) is 0 Å². The number of hydrogen-bond donors (Lipinski definition) is 5. The monoisotopic (exact) mass is 1000 g/mol. The first-order valence-electron chi connectivity index (χ1n) is 25.4. The number of fused-ring (bicyclic) bond motifs is 7. The summed E-state index contributed by atoms with van der Waals surface area (Å²) in [5.74, 6) is 0.531. The van der Waals surface area contributed by atoms with Crippen molar-refractivity contribution in [3.63, 3.8) is 0 Å². The van der Waals surface area contributed by atoms with E-state index in [4.69, 9.17) is 28.4 Å². The van der Waals surface area contributed by atoms with E-state index in [1.54, 1.807) is 24.3 Å². The zero-order valence-corrected chi connectivity index (χ0v) is 42.5. The Labute approximate surface area is 423 Å². The highest BCUT2D eigenvalue weighted by atomic mass is 19.1. The van der Waals surface area contributed by atoms with Gasteiger partial charge in [0.25, 0.3) is 0 Å². The molecule has 6 heterocycles. The van der Waals surface area contributed by atoms with Crippen molar-refractivity contribution >= 4 is 0 Å². The van der Waals surface area contributed by atoms with Crippen molar-refractivity contribution in [3.8, 4) is 5.75 Å². The third-order valence-corrected chi connectivity index (χ3v) is 13.6. The zero-order valence-electron chi connectivity index (χ0n) is 42.5. The summed E-state index contributed by atoms with van der Waals surface area (Å²) in [7, 11) is 9.41. The Hall–Kier alpha value is -4.78. The van der Waals surface area contributed by atoms with E-state index in [0.717, 1.165) is 115 Å². The molecule has 5 atom stereocenters. The second-order valence-electron chi connectivity index (χ2n) is 18.3. The molecule has 15 heteroatoms. The van der Waals surface area contributed by atoms with Crippen LogP contribution in [0.1, 0.15) is 91.7 Å². The van der Waals surface area contributed by atoms with Gasteiger partial charge in [-0.1, -0.05) is 54.6 Å². The van der Waals surface area contributed by atoms with Crippen molar-refractivity contribution in [2.45, 2.75) is 69.0 Å². The molecule has 0 amide bonds. The molecule has 11 nitrogen and oxygen atoms in total. The first-order valence-corrected chi connectivity index (χ1v) is 25.4. The van der Waals surface area contributed by atoms with Gasteiger partial charge in [0.2, 0.25) is 0 Å². The average Bonchev–Trinajstić information content (AvgIpc) is 3.88. The van der Waals surface area contributed by atoms with Crippen LogP contribution < -0.4 is 31.3 Å². The minimum Gasteiger partial charge on any atom is -0.493 e. The molecule has 0 saturated heterocycles. The van der Waals surface area contributed by atoms with E-state index in [1.165, 1.54) is 41.0 Å². The van der Waals surface area contributed by atoms with E-state index in [-0.39, 0.29) is 53.8 Å². The van der Waals surface area contributed by atoms with Crippen LogP contribution >= 0.6 is 0 Å². The molecule has 390 valence electrons. The minimum atomic E-state index is -0.158. The number of benzene rings is 5. The average molecular weight is 1000 g/mol. The topological polar surface area (TPSA) is 116 Å². The van der Waals surface area contributed by atoms with Crippen LogP contribution in [0, 0.1) is 23.3 Å². The van der Waals surface area contributed by atoms with E-state index in [0.29, 0.717) is 45.9 Å². The van der Waals surface area contributed by atoms with E-state index in [2.05, 4.69) is 38.7 Å². The normalized spacial score (nSPS) is 21.0. The Kier molecular flexibility index (Phi) is 21.4. The van der Waals surface area contributed by atoms with Crippen molar-refractivity contribution in [1.29, 1.82) is 0 Å². The molecule has 0 bridgehead atoms. The van der Waals surface area contributed by atoms with Gasteiger partial charge in [0.15, 0.2) is 0 Å². The SMILES string of the molecule is CNC[C@@H]1OCCc2c(F)cccc21.CNC[C@@H]1OCCc2cc(F)ccc21.CNC[C@@H]1OCCc2ccc3c(c21)OCC3.CNC[C@@H]1OCCc2cccc(F)c21.CNC[C@H]1OCCc2cccc(F)c21. The van der Waals surface area contributed by atoms with Gasteiger partial charge in [0.05, 0.1) is 70.2 Å². The molecule has 6 aliphatic heterocycles. The van der Waals surface area contributed by atoms with Crippen LogP contribution in [0.15, 0.2) is 84.9 Å². The highest BCUT2D eigenvalue weighted by Crippen LogP contribution is 2.40. The van der Waals surface area contributed by atoms with Gasteiger partial charge < -0.3 is 55.0 Å². The summed E-state index contributed by atoms with van der Waals surface area (Å²) >= 11 is 0. The van der Waals surface area contributed by atoms with Crippen molar-refractivity contribution in [2.75, 3.05) is 108 Å². The van der Waals surface area contributed by atoms with Crippen LogP contribution in [-0.4, -0.2) is 108 Å². The van der Waals surface area contributed by atoms with Crippen molar-refractivity contribution in [3.05, 3.63) is 169 Å². The first-order chi connectivity index (χ1) is 35.2. The number of rotatable bonds is 10. The molecule has 5 aromatic carbocycles. The number of hydrogen-bond acceptors (Lipinski definition) is 11. The highest BCUT2D eigenvalue weighted by Gasteiger charge is 2.29. The lowest BCUT2D eigenvalue weighted by molar-refractivity contribution is 0.0409. The Bertz CT molecular complexity index is 2430. The van der Waals surface area contributed by atoms with Crippen molar-refractivity contribution in [2.24, 2.45) is 0 Å².